The van der Waals surface area contributed by atoms with Gasteiger partial charge in [0.2, 0.25) is 0 Å². The number of ether oxygens (including phenoxy) is 2. The van der Waals surface area contributed by atoms with Gasteiger partial charge in [0.25, 0.3) is 0 Å². The van der Waals surface area contributed by atoms with Crippen molar-refractivity contribution in [3.8, 4) is 0 Å². The molecule has 1 aliphatic rings. The van der Waals surface area contributed by atoms with Gasteiger partial charge < -0.3 is 14.8 Å². The Kier molecular flexibility index (Phi) is 4.95. The summed E-state index contributed by atoms with van der Waals surface area (Å²) in [5, 5.41) is 3.51. The summed E-state index contributed by atoms with van der Waals surface area (Å²) < 4.78 is 10.4. The maximum absolute atomic E-state index is 11.4. The van der Waals surface area contributed by atoms with Gasteiger partial charge >= 0.3 is 5.97 Å². The van der Waals surface area contributed by atoms with Crippen LogP contribution in [0.2, 0.25) is 0 Å². The average Bonchev–Trinajstić information content (AvgIpc) is 2.25. The van der Waals surface area contributed by atoms with Gasteiger partial charge in [-0.05, 0) is 33.6 Å². The molecule has 4 heteroatoms. The first-order valence-electron chi connectivity index (χ1n) is 6.33. The minimum atomic E-state index is -0.156. The largest absolute Gasteiger partial charge is 0.469 e. The highest BCUT2D eigenvalue weighted by Crippen LogP contribution is 2.24. The second-order valence-corrected chi connectivity index (χ2v) is 5.57. The Morgan fingerprint density at radius 1 is 1.47 bits per heavy atom. The first kappa shape index (κ1) is 14.5. The Hall–Kier alpha value is -0.610. The van der Waals surface area contributed by atoms with Crippen LogP contribution in [0.5, 0.6) is 0 Å². The van der Waals surface area contributed by atoms with Crippen LogP contribution in [-0.2, 0) is 14.3 Å². The summed E-state index contributed by atoms with van der Waals surface area (Å²) >= 11 is 0. The van der Waals surface area contributed by atoms with Gasteiger partial charge in [0.1, 0.15) is 0 Å². The van der Waals surface area contributed by atoms with E-state index in [0.29, 0.717) is 6.04 Å². The zero-order valence-corrected chi connectivity index (χ0v) is 11.6. The van der Waals surface area contributed by atoms with Gasteiger partial charge in [-0.15, -0.1) is 0 Å². The molecule has 0 amide bonds. The molecule has 1 aliphatic heterocycles. The highest BCUT2D eigenvalue weighted by molar-refractivity contribution is 5.72. The van der Waals surface area contributed by atoms with E-state index < -0.39 is 0 Å². The molecular formula is C13H25NO3. The lowest BCUT2D eigenvalue weighted by molar-refractivity contribution is -0.145. The fourth-order valence-corrected chi connectivity index (χ4v) is 2.28. The Labute approximate surface area is 104 Å². The molecule has 0 bridgehead atoms. The lowest BCUT2D eigenvalue weighted by Crippen LogP contribution is -2.49. The molecule has 100 valence electrons. The number of rotatable bonds is 4. The Bertz CT molecular complexity index is 265. The monoisotopic (exact) mass is 243 g/mol. The van der Waals surface area contributed by atoms with Crippen molar-refractivity contribution in [2.24, 2.45) is 5.92 Å². The highest BCUT2D eigenvalue weighted by atomic mass is 16.5. The molecule has 0 aromatic heterocycles. The van der Waals surface area contributed by atoms with Crippen LogP contribution in [0.25, 0.3) is 0 Å². The summed E-state index contributed by atoms with van der Waals surface area (Å²) in [4.78, 5) is 11.4. The smallest absolute Gasteiger partial charge is 0.309 e. The molecule has 0 saturated carbocycles. The topological polar surface area (TPSA) is 47.6 Å². The third-order valence-electron chi connectivity index (χ3n) is 3.52. The quantitative estimate of drug-likeness (QED) is 0.764. The zero-order chi connectivity index (χ0) is 13.1. The van der Waals surface area contributed by atoms with E-state index in [0.717, 1.165) is 19.4 Å². The van der Waals surface area contributed by atoms with Crippen molar-refractivity contribution in [1.82, 2.24) is 5.32 Å². The fraction of sp³-hybridized carbons (Fsp3) is 0.923. The van der Waals surface area contributed by atoms with E-state index in [2.05, 4.69) is 19.2 Å². The van der Waals surface area contributed by atoms with Gasteiger partial charge in [0.15, 0.2) is 0 Å². The minimum Gasteiger partial charge on any atom is -0.469 e. The molecule has 3 atom stereocenters. The van der Waals surface area contributed by atoms with Crippen molar-refractivity contribution in [1.29, 1.82) is 0 Å². The summed E-state index contributed by atoms with van der Waals surface area (Å²) in [6.07, 6.45) is 1.98. The Balaban J connectivity index is 2.45. The van der Waals surface area contributed by atoms with Crippen molar-refractivity contribution < 1.29 is 14.3 Å². The molecule has 0 aromatic carbocycles. The van der Waals surface area contributed by atoms with E-state index in [-0.39, 0.29) is 23.5 Å². The molecule has 1 heterocycles. The van der Waals surface area contributed by atoms with E-state index in [4.69, 9.17) is 9.47 Å². The van der Waals surface area contributed by atoms with Gasteiger partial charge in [-0.2, -0.15) is 0 Å². The molecule has 3 unspecified atom stereocenters. The number of carbonyl (C=O) groups is 1. The van der Waals surface area contributed by atoms with E-state index in [1.165, 1.54) is 7.11 Å². The molecule has 0 aromatic rings. The first-order valence-corrected chi connectivity index (χ1v) is 6.33. The number of carbonyl (C=O) groups excluding carboxylic acids is 1. The van der Waals surface area contributed by atoms with Crippen LogP contribution in [0.4, 0.5) is 0 Å². The third kappa shape index (κ3) is 4.28. The van der Waals surface area contributed by atoms with Crippen LogP contribution in [0, 0.1) is 5.92 Å². The normalized spacial score (nSPS) is 27.2. The third-order valence-corrected chi connectivity index (χ3v) is 3.52. The standard InChI is InChI=1S/C13H25NO3/c1-9(12(15)16-5)10(2)14-11-6-7-17-13(3,4)8-11/h9-11,14H,6-8H2,1-5H3. The SMILES string of the molecule is COC(=O)C(C)C(C)NC1CCOC(C)(C)C1. The lowest BCUT2D eigenvalue weighted by Gasteiger charge is -2.37. The molecule has 1 N–H and O–H groups in total. The first-order chi connectivity index (χ1) is 7.85. The van der Waals surface area contributed by atoms with E-state index in [1.807, 2.05) is 13.8 Å². The lowest BCUT2D eigenvalue weighted by atomic mass is 9.92. The summed E-state index contributed by atoms with van der Waals surface area (Å²) in [6.45, 7) is 8.92. The van der Waals surface area contributed by atoms with Crippen molar-refractivity contribution >= 4 is 5.97 Å². The number of hydrogen-bond donors (Lipinski definition) is 1. The molecular weight excluding hydrogens is 218 g/mol. The minimum absolute atomic E-state index is 0.0653. The summed E-state index contributed by atoms with van der Waals surface area (Å²) in [7, 11) is 1.43. The molecule has 17 heavy (non-hydrogen) atoms. The predicted octanol–water partition coefficient (Wildman–Crippen LogP) is 1.73. The van der Waals surface area contributed by atoms with Gasteiger partial charge in [0, 0.05) is 18.7 Å². The molecule has 0 spiro atoms. The summed E-state index contributed by atoms with van der Waals surface area (Å²) in [6, 6.07) is 0.544. The van der Waals surface area contributed by atoms with Crippen molar-refractivity contribution in [2.45, 2.75) is 58.2 Å². The van der Waals surface area contributed by atoms with Gasteiger partial charge in [-0.1, -0.05) is 6.92 Å². The van der Waals surface area contributed by atoms with Crippen LogP contribution >= 0.6 is 0 Å². The molecule has 4 nitrogen and oxygen atoms in total. The van der Waals surface area contributed by atoms with E-state index >= 15 is 0 Å². The second-order valence-electron chi connectivity index (χ2n) is 5.57. The maximum atomic E-state index is 11.4. The van der Waals surface area contributed by atoms with Gasteiger partial charge in [0.05, 0.1) is 18.6 Å². The highest BCUT2D eigenvalue weighted by Gasteiger charge is 2.31. The number of methoxy groups -OCH3 is 1. The van der Waals surface area contributed by atoms with Crippen LogP contribution in [0.3, 0.4) is 0 Å². The molecule has 0 radical (unpaired) electrons. The van der Waals surface area contributed by atoms with Crippen molar-refractivity contribution in [3.63, 3.8) is 0 Å². The van der Waals surface area contributed by atoms with Gasteiger partial charge in [-0.3, -0.25) is 4.79 Å². The predicted molar refractivity (Wildman–Crippen MR) is 66.8 cm³/mol. The van der Waals surface area contributed by atoms with E-state index in [1.54, 1.807) is 0 Å². The van der Waals surface area contributed by atoms with Crippen LogP contribution in [-0.4, -0.2) is 37.4 Å². The van der Waals surface area contributed by atoms with Crippen LogP contribution in [0.15, 0.2) is 0 Å². The fourth-order valence-electron chi connectivity index (χ4n) is 2.28. The Morgan fingerprint density at radius 3 is 2.65 bits per heavy atom. The summed E-state index contributed by atoms with van der Waals surface area (Å²) in [5.74, 6) is -0.276. The van der Waals surface area contributed by atoms with Crippen molar-refractivity contribution in [2.75, 3.05) is 13.7 Å². The molecule has 1 saturated heterocycles. The summed E-state index contributed by atoms with van der Waals surface area (Å²) in [5.41, 5.74) is -0.0653. The number of esters is 1. The van der Waals surface area contributed by atoms with Gasteiger partial charge in [-0.25, -0.2) is 0 Å². The van der Waals surface area contributed by atoms with Crippen LogP contribution < -0.4 is 5.32 Å². The number of hydrogen-bond acceptors (Lipinski definition) is 4. The zero-order valence-electron chi connectivity index (χ0n) is 11.6. The van der Waals surface area contributed by atoms with Crippen molar-refractivity contribution in [3.05, 3.63) is 0 Å². The second kappa shape index (κ2) is 5.83. The number of nitrogens with one attached hydrogen (secondary N) is 1. The average molecular weight is 243 g/mol. The molecule has 1 fully saturated rings. The molecule has 0 aliphatic carbocycles. The van der Waals surface area contributed by atoms with E-state index in [9.17, 15) is 4.79 Å². The maximum Gasteiger partial charge on any atom is 0.309 e. The Morgan fingerprint density at radius 2 is 2.12 bits per heavy atom. The molecule has 1 rings (SSSR count). The van der Waals surface area contributed by atoms with Crippen LogP contribution in [0.1, 0.15) is 40.5 Å².